The van der Waals surface area contributed by atoms with Gasteiger partial charge in [0.15, 0.2) is 17.8 Å². The predicted molar refractivity (Wildman–Crippen MR) is 72.2 cm³/mol. The fourth-order valence-electron chi connectivity index (χ4n) is 2.91. The molecule has 0 N–H and O–H groups in total. The number of fused-ring (bicyclic) bond motifs is 1. The number of carbonyl (C=O) groups excluding carboxylic acids is 1. The van der Waals surface area contributed by atoms with E-state index >= 15 is 0 Å². The van der Waals surface area contributed by atoms with Crippen molar-refractivity contribution in [3.63, 3.8) is 0 Å². The Balaban J connectivity index is 2.06. The van der Waals surface area contributed by atoms with E-state index in [4.69, 9.17) is 0 Å². The summed E-state index contributed by atoms with van der Waals surface area (Å²) in [5.74, 6) is 0.949. The van der Waals surface area contributed by atoms with E-state index in [0.29, 0.717) is 17.6 Å². The topological polar surface area (TPSA) is 50.5 Å². The maximum Gasteiger partial charge on any atom is 0.160 e. The zero-order valence-corrected chi connectivity index (χ0v) is 11.3. The van der Waals surface area contributed by atoms with Crippen LogP contribution in [0.2, 0.25) is 0 Å². The second kappa shape index (κ2) is 4.74. The molecular formula is C14H18N4O. The zero-order valence-electron chi connectivity index (χ0n) is 11.3. The van der Waals surface area contributed by atoms with Gasteiger partial charge in [0.1, 0.15) is 0 Å². The van der Waals surface area contributed by atoms with Gasteiger partial charge in [-0.25, -0.2) is 0 Å². The van der Waals surface area contributed by atoms with Gasteiger partial charge in [0, 0.05) is 17.8 Å². The summed E-state index contributed by atoms with van der Waals surface area (Å²) in [4.78, 5) is 13.4. The van der Waals surface area contributed by atoms with Crippen LogP contribution in [0.1, 0.15) is 48.9 Å². The van der Waals surface area contributed by atoms with Crippen molar-refractivity contribution < 1.29 is 4.79 Å². The molecule has 5 nitrogen and oxygen atoms in total. The first-order valence-electron chi connectivity index (χ1n) is 6.76. The lowest BCUT2D eigenvalue weighted by molar-refractivity contribution is 0.112. The Morgan fingerprint density at radius 1 is 1.37 bits per heavy atom. The molecule has 0 aromatic carbocycles. The van der Waals surface area contributed by atoms with Gasteiger partial charge in [-0.15, -0.1) is 10.2 Å². The monoisotopic (exact) mass is 258 g/mol. The molecule has 0 amide bonds. The molecule has 1 saturated heterocycles. The minimum Gasteiger partial charge on any atom is -0.298 e. The fraction of sp³-hybridized carbons (Fsp3) is 0.500. The minimum atomic E-state index is 0.303. The van der Waals surface area contributed by atoms with Crippen LogP contribution in [0.3, 0.4) is 0 Å². The van der Waals surface area contributed by atoms with Gasteiger partial charge in [0.25, 0.3) is 0 Å². The number of rotatable bonds is 3. The molecule has 1 unspecified atom stereocenters. The molecule has 0 radical (unpaired) electrons. The van der Waals surface area contributed by atoms with Crippen LogP contribution >= 0.6 is 0 Å². The average molecular weight is 258 g/mol. The van der Waals surface area contributed by atoms with Crippen molar-refractivity contribution in [3.05, 3.63) is 29.7 Å². The SMILES string of the molecule is CC(C)N1CCCC1c1nnc2ccc(C=O)cn12. The molecule has 1 atom stereocenters. The summed E-state index contributed by atoms with van der Waals surface area (Å²) in [6.45, 7) is 5.52. The number of likely N-dealkylation sites (tertiary alicyclic amines) is 1. The van der Waals surface area contributed by atoms with Crippen LogP contribution in [0.4, 0.5) is 0 Å². The van der Waals surface area contributed by atoms with Crippen LogP contribution in [-0.4, -0.2) is 38.4 Å². The second-order valence-electron chi connectivity index (χ2n) is 5.36. The summed E-state index contributed by atoms with van der Waals surface area (Å²) in [7, 11) is 0. The van der Waals surface area contributed by atoms with Crippen LogP contribution in [0.15, 0.2) is 18.3 Å². The maximum absolute atomic E-state index is 10.9. The summed E-state index contributed by atoms with van der Waals surface area (Å²) >= 11 is 0. The molecule has 3 rings (SSSR count). The molecule has 2 aromatic heterocycles. The third kappa shape index (κ3) is 2.04. The second-order valence-corrected chi connectivity index (χ2v) is 5.36. The number of aromatic nitrogens is 3. The molecule has 1 aliphatic rings. The Morgan fingerprint density at radius 3 is 2.95 bits per heavy atom. The fourth-order valence-corrected chi connectivity index (χ4v) is 2.91. The Morgan fingerprint density at radius 2 is 2.21 bits per heavy atom. The number of aldehydes is 1. The highest BCUT2D eigenvalue weighted by atomic mass is 16.1. The molecule has 1 aliphatic heterocycles. The van der Waals surface area contributed by atoms with Gasteiger partial charge in [-0.2, -0.15) is 0 Å². The average Bonchev–Trinajstić information content (AvgIpc) is 3.03. The van der Waals surface area contributed by atoms with Crippen molar-refractivity contribution >= 4 is 11.9 Å². The first-order chi connectivity index (χ1) is 9.20. The molecule has 0 saturated carbocycles. The van der Waals surface area contributed by atoms with Gasteiger partial charge in [-0.3, -0.25) is 14.1 Å². The van der Waals surface area contributed by atoms with Crippen molar-refractivity contribution in [2.24, 2.45) is 0 Å². The summed E-state index contributed by atoms with van der Waals surface area (Å²) in [5, 5.41) is 8.54. The lowest BCUT2D eigenvalue weighted by Crippen LogP contribution is -2.31. The maximum atomic E-state index is 10.9. The van der Waals surface area contributed by atoms with Crippen molar-refractivity contribution in [2.75, 3.05) is 6.54 Å². The molecule has 19 heavy (non-hydrogen) atoms. The lowest BCUT2D eigenvalue weighted by atomic mass is 10.2. The molecule has 1 fully saturated rings. The molecular weight excluding hydrogens is 240 g/mol. The normalized spacial score (nSPS) is 20.5. The van der Waals surface area contributed by atoms with E-state index in [1.807, 2.05) is 16.7 Å². The van der Waals surface area contributed by atoms with E-state index in [9.17, 15) is 4.79 Å². The van der Waals surface area contributed by atoms with Crippen LogP contribution in [0, 0.1) is 0 Å². The number of carbonyl (C=O) groups is 1. The Kier molecular flexibility index (Phi) is 3.06. The zero-order chi connectivity index (χ0) is 13.4. The number of hydrogen-bond donors (Lipinski definition) is 0. The third-order valence-corrected chi connectivity index (χ3v) is 3.84. The van der Waals surface area contributed by atoms with Gasteiger partial charge in [0.2, 0.25) is 0 Å². The lowest BCUT2D eigenvalue weighted by Gasteiger charge is -2.26. The molecule has 0 spiro atoms. The Bertz CT molecular complexity index is 605. The van der Waals surface area contributed by atoms with E-state index in [-0.39, 0.29) is 0 Å². The van der Waals surface area contributed by atoms with Crippen LogP contribution in [0.5, 0.6) is 0 Å². The van der Waals surface area contributed by atoms with Gasteiger partial charge < -0.3 is 0 Å². The van der Waals surface area contributed by atoms with E-state index in [1.165, 1.54) is 6.42 Å². The van der Waals surface area contributed by atoms with Gasteiger partial charge in [-0.1, -0.05) is 0 Å². The first-order valence-corrected chi connectivity index (χ1v) is 6.76. The molecule has 100 valence electrons. The van der Waals surface area contributed by atoms with E-state index in [2.05, 4.69) is 28.9 Å². The highest BCUT2D eigenvalue weighted by molar-refractivity contribution is 5.74. The Labute approximate surface area is 112 Å². The van der Waals surface area contributed by atoms with Crippen molar-refractivity contribution in [1.82, 2.24) is 19.5 Å². The van der Waals surface area contributed by atoms with Gasteiger partial charge in [0.05, 0.1) is 6.04 Å². The van der Waals surface area contributed by atoms with E-state index < -0.39 is 0 Å². The van der Waals surface area contributed by atoms with Crippen LogP contribution in [0.25, 0.3) is 5.65 Å². The molecule has 5 heteroatoms. The predicted octanol–water partition coefficient (Wildman–Crippen LogP) is 2.09. The Hall–Kier alpha value is -1.75. The van der Waals surface area contributed by atoms with Gasteiger partial charge >= 0.3 is 0 Å². The van der Waals surface area contributed by atoms with Crippen LogP contribution < -0.4 is 0 Å². The quantitative estimate of drug-likeness (QED) is 0.791. The molecule has 3 heterocycles. The van der Waals surface area contributed by atoms with E-state index in [1.54, 1.807) is 6.07 Å². The third-order valence-electron chi connectivity index (χ3n) is 3.84. The van der Waals surface area contributed by atoms with Crippen molar-refractivity contribution in [1.29, 1.82) is 0 Å². The smallest absolute Gasteiger partial charge is 0.160 e. The molecule has 0 aliphatic carbocycles. The first kappa shape index (κ1) is 12.3. The molecule has 0 bridgehead atoms. The minimum absolute atomic E-state index is 0.303. The largest absolute Gasteiger partial charge is 0.298 e. The summed E-state index contributed by atoms with van der Waals surface area (Å²) in [6.07, 6.45) is 4.97. The van der Waals surface area contributed by atoms with Crippen molar-refractivity contribution in [2.45, 2.75) is 38.8 Å². The summed E-state index contributed by atoms with van der Waals surface area (Å²) in [6, 6.07) is 4.41. The summed E-state index contributed by atoms with van der Waals surface area (Å²) < 4.78 is 1.95. The number of pyridine rings is 1. The van der Waals surface area contributed by atoms with Crippen molar-refractivity contribution in [3.8, 4) is 0 Å². The highest BCUT2D eigenvalue weighted by Gasteiger charge is 2.31. The highest BCUT2D eigenvalue weighted by Crippen LogP contribution is 2.32. The molecule has 2 aromatic rings. The van der Waals surface area contributed by atoms with E-state index in [0.717, 1.165) is 30.7 Å². The number of nitrogens with zero attached hydrogens (tertiary/aromatic N) is 4. The number of hydrogen-bond acceptors (Lipinski definition) is 4. The standard InChI is InChI=1S/C14H18N4O/c1-10(2)17-7-3-4-12(17)14-16-15-13-6-5-11(9-19)8-18(13)14/h5-6,8-10,12H,3-4,7H2,1-2H3. The van der Waals surface area contributed by atoms with Gasteiger partial charge in [-0.05, 0) is 45.4 Å². The van der Waals surface area contributed by atoms with Crippen LogP contribution in [-0.2, 0) is 0 Å². The summed E-state index contributed by atoms with van der Waals surface area (Å²) in [5.41, 5.74) is 1.46.